The van der Waals surface area contributed by atoms with Crippen molar-refractivity contribution in [3.05, 3.63) is 54.1 Å². The first-order valence-corrected chi connectivity index (χ1v) is 12.1. The molecule has 1 fully saturated rings. The van der Waals surface area contributed by atoms with Crippen molar-refractivity contribution in [2.75, 3.05) is 6.61 Å². The molecule has 0 saturated heterocycles. The first kappa shape index (κ1) is 21.8. The molecular weight excluding hydrogens is 412 g/mol. The lowest BCUT2D eigenvalue weighted by Crippen LogP contribution is -2.56. The van der Waals surface area contributed by atoms with E-state index in [1.54, 1.807) is 0 Å². The molecule has 172 valence electrons. The Labute approximate surface area is 194 Å². The zero-order chi connectivity index (χ0) is 22.7. The van der Waals surface area contributed by atoms with Gasteiger partial charge >= 0.3 is 0 Å². The second kappa shape index (κ2) is 9.43. The fraction of sp³-hybridized carbons (Fsp3) is 0.462. The van der Waals surface area contributed by atoms with Crippen LogP contribution in [0.2, 0.25) is 0 Å². The van der Waals surface area contributed by atoms with Crippen molar-refractivity contribution in [2.24, 2.45) is 11.0 Å². The van der Waals surface area contributed by atoms with E-state index in [4.69, 9.17) is 5.10 Å². The summed E-state index contributed by atoms with van der Waals surface area (Å²) in [5.74, 6) is 0.750. The molecule has 2 heterocycles. The maximum Gasteiger partial charge on any atom is 0.205 e. The minimum atomic E-state index is -0.318. The highest BCUT2D eigenvalue weighted by Gasteiger charge is 2.49. The molecule has 0 radical (unpaired) electrons. The van der Waals surface area contributed by atoms with Crippen molar-refractivity contribution in [1.82, 2.24) is 25.6 Å². The lowest BCUT2D eigenvalue weighted by atomic mass is 9.75. The number of aromatic amines is 1. The molecule has 2 N–H and O–H groups in total. The van der Waals surface area contributed by atoms with Crippen molar-refractivity contribution in [3.8, 4) is 22.5 Å². The van der Waals surface area contributed by atoms with E-state index in [0.29, 0.717) is 11.9 Å². The van der Waals surface area contributed by atoms with Gasteiger partial charge in [0.2, 0.25) is 5.82 Å². The molecule has 5 rings (SSSR count). The van der Waals surface area contributed by atoms with Crippen LogP contribution in [0.25, 0.3) is 22.5 Å². The summed E-state index contributed by atoms with van der Waals surface area (Å²) in [5.41, 5.74) is 4.13. The van der Waals surface area contributed by atoms with E-state index < -0.39 is 0 Å². The lowest BCUT2D eigenvalue weighted by Gasteiger charge is -2.47. The SMILES string of the molecule is CCCCC1(CO)C(Cc2ccccc2-c2ccccc2-c2nn[nH]n2)C=NN1C1CCC1. The Morgan fingerprint density at radius 2 is 1.82 bits per heavy atom. The molecule has 1 saturated carbocycles. The summed E-state index contributed by atoms with van der Waals surface area (Å²) in [7, 11) is 0. The first-order valence-electron chi connectivity index (χ1n) is 12.1. The van der Waals surface area contributed by atoms with Gasteiger partial charge in [-0.25, -0.2) is 0 Å². The van der Waals surface area contributed by atoms with Gasteiger partial charge in [-0.1, -0.05) is 68.3 Å². The van der Waals surface area contributed by atoms with E-state index in [9.17, 15) is 5.11 Å². The Morgan fingerprint density at radius 3 is 2.48 bits per heavy atom. The van der Waals surface area contributed by atoms with Gasteiger partial charge in [-0.2, -0.15) is 10.3 Å². The number of tetrazole rings is 1. The second-order valence-corrected chi connectivity index (χ2v) is 9.31. The molecule has 0 spiro atoms. The van der Waals surface area contributed by atoms with Crippen LogP contribution in [0.4, 0.5) is 0 Å². The van der Waals surface area contributed by atoms with Crippen molar-refractivity contribution in [3.63, 3.8) is 0 Å². The van der Waals surface area contributed by atoms with Gasteiger partial charge in [-0.05, 0) is 54.0 Å². The van der Waals surface area contributed by atoms with E-state index in [2.05, 4.69) is 69.1 Å². The number of hydrogen-bond acceptors (Lipinski definition) is 6. The molecule has 2 unspecified atom stereocenters. The number of aliphatic hydroxyl groups excluding tert-OH is 1. The van der Waals surface area contributed by atoms with Gasteiger partial charge < -0.3 is 5.11 Å². The summed E-state index contributed by atoms with van der Waals surface area (Å²) >= 11 is 0. The molecule has 0 bridgehead atoms. The van der Waals surface area contributed by atoms with Crippen LogP contribution in [0, 0.1) is 5.92 Å². The van der Waals surface area contributed by atoms with Gasteiger partial charge in [0, 0.05) is 23.7 Å². The highest BCUT2D eigenvalue weighted by Crippen LogP contribution is 2.43. The summed E-state index contributed by atoms with van der Waals surface area (Å²) in [6, 6.07) is 17.2. The maximum absolute atomic E-state index is 10.7. The van der Waals surface area contributed by atoms with Crippen molar-refractivity contribution >= 4 is 6.21 Å². The molecular formula is C26H32N6O. The molecule has 7 heteroatoms. The Balaban J connectivity index is 1.50. The minimum absolute atomic E-state index is 0.135. The van der Waals surface area contributed by atoms with Crippen LogP contribution >= 0.6 is 0 Å². The quantitative estimate of drug-likeness (QED) is 0.508. The Morgan fingerprint density at radius 1 is 1.06 bits per heavy atom. The number of H-pyrrole nitrogens is 1. The average molecular weight is 445 g/mol. The van der Waals surface area contributed by atoms with E-state index in [1.807, 2.05) is 18.2 Å². The fourth-order valence-corrected chi connectivity index (χ4v) is 5.35. The molecule has 0 amide bonds. The summed E-state index contributed by atoms with van der Waals surface area (Å²) in [5, 5.41) is 32.6. The predicted octanol–water partition coefficient (Wildman–Crippen LogP) is 4.47. The second-order valence-electron chi connectivity index (χ2n) is 9.31. The third-order valence-electron chi connectivity index (χ3n) is 7.44. The molecule has 1 aliphatic carbocycles. The third-order valence-corrected chi connectivity index (χ3v) is 7.44. The summed E-state index contributed by atoms with van der Waals surface area (Å²) in [6.07, 6.45) is 9.70. The standard InChI is InChI=1S/C26H32N6O/c1-2-3-15-26(18-33)20(17-27-32(26)21-10-8-11-21)16-19-9-4-5-12-22(19)23-13-6-7-14-24(23)25-28-30-31-29-25/h4-7,9,12-14,17,20-21,33H,2-3,8,10-11,15-16,18H2,1H3,(H,28,29,30,31). The first-order chi connectivity index (χ1) is 16.3. The van der Waals surface area contributed by atoms with E-state index in [-0.39, 0.29) is 18.1 Å². The molecule has 7 nitrogen and oxygen atoms in total. The zero-order valence-electron chi connectivity index (χ0n) is 19.2. The van der Waals surface area contributed by atoms with Crippen LogP contribution in [0.5, 0.6) is 0 Å². The van der Waals surface area contributed by atoms with E-state index in [0.717, 1.165) is 42.4 Å². The van der Waals surface area contributed by atoms with Gasteiger partial charge in [0.05, 0.1) is 12.1 Å². The smallest absolute Gasteiger partial charge is 0.205 e. The largest absolute Gasteiger partial charge is 0.394 e. The lowest BCUT2D eigenvalue weighted by molar-refractivity contribution is -0.0363. The monoisotopic (exact) mass is 444 g/mol. The van der Waals surface area contributed by atoms with Gasteiger partial charge in [-0.3, -0.25) is 5.01 Å². The normalized spacial score (nSPS) is 22.6. The maximum atomic E-state index is 10.7. The van der Waals surface area contributed by atoms with Gasteiger partial charge in [-0.15, -0.1) is 10.2 Å². The number of hydrogen-bond donors (Lipinski definition) is 2. The van der Waals surface area contributed by atoms with Crippen LogP contribution < -0.4 is 0 Å². The Hall–Kier alpha value is -3.06. The summed E-state index contributed by atoms with van der Waals surface area (Å²) < 4.78 is 0. The predicted molar refractivity (Wildman–Crippen MR) is 130 cm³/mol. The van der Waals surface area contributed by atoms with Gasteiger partial charge in [0.15, 0.2) is 0 Å². The summed E-state index contributed by atoms with van der Waals surface area (Å²) in [4.78, 5) is 0. The molecule has 2 aromatic carbocycles. The van der Waals surface area contributed by atoms with Gasteiger partial charge in [0.25, 0.3) is 0 Å². The molecule has 2 atom stereocenters. The third kappa shape index (κ3) is 3.95. The fourth-order valence-electron chi connectivity index (χ4n) is 5.35. The molecule has 2 aliphatic rings. The molecule has 1 aromatic heterocycles. The molecule has 1 aliphatic heterocycles. The number of unbranched alkanes of at least 4 members (excludes halogenated alkanes) is 1. The Kier molecular flexibility index (Phi) is 6.22. The molecule has 33 heavy (non-hydrogen) atoms. The van der Waals surface area contributed by atoms with Crippen molar-refractivity contribution in [2.45, 2.75) is 63.5 Å². The number of hydrazone groups is 1. The van der Waals surface area contributed by atoms with E-state index in [1.165, 1.54) is 24.8 Å². The number of aliphatic hydroxyl groups is 1. The van der Waals surface area contributed by atoms with Gasteiger partial charge in [0.1, 0.15) is 0 Å². The number of nitrogens with one attached hydrogen (secondary N) is 1. The zero-order valence-corrected chi connectivity index (χ0v) is 19.2. The van der Waals surface area contributed by atoms with Crippen molar-refractivity contribution < 1.29 is 5.11 Å². The van der Waals surface area contributed by atoms with Crippen LogP contribution in [-0.4, -0.2) is 55.1 Å². The Bertz CT molecular complexity index is 1090. The van der Waals surface area contributed by atoms with Crippen LogP contribution in [0.1, 0.15) is 51.0 Å². The minimum Gasteiger partial charge on any atom is -0.394 e. The number of benzene rings is 2. The number of rotatable bonds is 9. The summed E-state index contributed by atoms with van der Waals surface area (Å²) in [6.45, 7) is 2.35. The topological polar surface area (TPSA) is 90.3 Å². The number of aromatic nitrogens is 4. The number of nitrogens with zero attached hydrogens (tertiary/aromatic N) is 5. The molecule has 3 aromatic rings. The van der Waals surface area contributed by atoms with E-state index >= 15 is 0 Å². The van der Waals surface area contributed by atoms with Crippen molar-refractivity contribution in [1.29, 1.82) is 0 Å². The average Bonchev–Trinajstić information content (AvgIpc) is 3.47. The van der Waals surface area contributed by atoms with Crippen LogP contribution in [0.3, 0.4) is 0 Å². The highest BCUT2D eigenvalue weighted by molar-refractivity contribution is 5.82. The highest BCUT2D eigenvalue weighted by atomic mass is 16.3. The van der Waals surface area contributed by atoms with Crippen LogP contribution in [0.15, 0.2) is 53.6 Å². The van der Waals surface area contributed by atoms with Crippen LogP contribution in [-0.2, 0) is 6.42 Å².